The lowest BCUT2D eigenvalue weighted by Gasteiger charge is -1.99. The summed E-state index contributed by atoms with van der Waals surface area (Å²) in [6.45, 7) is 0.905. The van der Waals surface area contributed by atoms with Crippen molar-refractivity contribution in [3.05, 3.63) is 32.7 Å². The number of hydrogen-bond donors (Lipinski definition) is 1. The third kappa shape index (κ3) is 3.25. The molecule has 0 aliphatic carbocycles. The molecular formula is C11H11BrClN3S. The average molecular weight is 333 g/mol. The zero-order valence-corrected chi connectivity index (χ0v) is 12.4. The molecule has 90 valence electrons. The van der Waals surface area contributed by atoms with Crippen LogP contribution in [0.3, 0.4) is 0 Å². The Balaban J connectivity index is 2.24. The zero-order valence-electron chi connectivity index (χ0n) is 9.20. The van der Waals surface area contributed by atoms with Gasteiger partial charge in [0.2, 0.25) is 0 Å². The molecule has 0 fully saturated rings. The molecule has 6 heteroatoms. The van der Waals surface area contributed by atoms with Crippen molar-refractivity contribution in [1.29, 1.82) is 0 Å². The molecule has 0 aliphatic rings. The lowest BCUT2D eigenvalue weighted by molar-refractivity contribution is 0.779. The number of aromatic nitrogens is 2. The van der Waals surface area contributed by atoms with Crippen molar-refractivity contribution >= 4 is 38.9 Å². The average Bonchev–Trinajstić information content (AvgIpc) is 2.75. The molecule has 0 bridgehead atoms. The Labute approximate surface area is 117 Å². The third-order valence-electron chi connectivity index (χ3n) is 2.22. The van der Waals surface area contributed by atoms with Gasteiger partial charge in [-0.25, -0.2) is 0 Å². The molecular weight excluding hydrogens is 322 g/mol. The van der Waals surface area contributed by atoms with Gasteiger partial charge in [0, 0.05) is 23.0 Å². The van der Waals surface area contributed by atoms with Crippen LogP contribution in [0.15, 0.2) is 22.7 Å². The van der Waals surface area contributed by atoms with Crippen LogP contribution in [0.4, 0.5) is 0 Å². The summed E-state index contributed by atoms with van der Waals surface area (Å²) in [4.78, 5) is 0. The van der Waals surface area contributed by atoms with E-state index >= 15 is 0 Å². The van der Waals surface area contributed by atoms with Crippen molar-refractivity contribution in [2.45, 2.75) is 6.42 Å². The number of halogens is 2. The maximum atomic E-state index is 6.17. The van der Waals surface area contributed by atoms with Gasteiger partial charge < -0.3 is 5.32 Å². The highest BCUT2D eigenvalue weighted by molar-refractivity contribution is 9.10. The van der Waals surface area contributed by atoms with Crippen molar-refractivity contribution in [2.75, 3.05) is 13.6 Å². The SMILES string of the molecule is CNCCc1nnc(-c2ccc(Br)cc2Cl)s1. The van der Waals surface area contributed by atoms with Crippen molar-refractivity contribution < 1.29 is 0 Å². The minimum atomic E-state index is 0.690. The second-order valence-corrected chi connectivity index (χ2v) is 5.86. The van der Waals surface area contributed by atoms with Crippen LogP contribution in [0, 0.1) is 0 Å². The molecule has 0 saturated heterocycles. The number of benzene rings is 1. The van der Waals surface area contributed by atoms with Crippen LogP contribution in [0.1, 0.15) is 5.01 Å². The second kappa shape index (κ2) is 5.91. The third-order valence-corrected chi connectivity index (χ3v) is 4.04. The summed E-state index contributed by atoms with van der Waals surface area (Å²) in [5.74, 6) is 0. The first-order chi connectivity index (χ1) is 8.20. The largest absolute Gasteiger partial charge is 0.319 e. The van der Waals surface area contributed by atoms with Gasteiger partial charge in [-0.2, -0.15) is 0 Å². The molecule has 1 aromatic heterocycles. The molecule has 17 heavy (non-hydrogen) atoms. The van der Waals surface area contributed by atoms with Crippen LogP contribution in [0.5, 0.6) is 0 Å². The highest BCUT2D eigenvalue weighted by Crippen LogP contribution is 2.32. The first kappa shape index (κ1) is 13.0. The quantitative estimate of drug-likeness (QED) is 0.932. The van der Waals surface area contributed by atoms with Gasteiger partial charge in [0.25, 0.3) is 0 Å². The van der Waals surface area contributed by atoms with Gasteiger partial charge in [0.05, 0.1) is 5.02 Å². The van der Waals surface area contributed by atoms with Gasteiger partial charge in [0.15, 0.2) is 0 Å². The molecule has 0 saturated carbocycles. The Bertz CT molecular complexity index is 515. The molecule has 0 unspecified atom stereocenters. The first-order valence-electron chi connectivity index (χ1n) is 5.13. The lowest BCUT2D eigenvalue weighted by Crippen LogP contribution is -2.09. The van der Waals surface area contributed by atoms with Crippen LogP contribution in [0.25, 0.3) is 10.6 Å². The summed E-state index contributed by atoms with van der Waals surface area (Å²) in [6, 6.07) is 5.77. The maximum absolute atomic E-state index is 6.17. The summed E-state index contributed by atoms with van der Waals surface area (Å²) >= 11 is 11.1. The monoisotopic (exact) mass is 331 g/mol. The van der Waals surface area contributed by atoms with E-state index in [2.05, 4.69) is 31.4 Å². The van der Waals surface area contributed by atoms with Crippen LogP contribution in [0.2, 0.25) is 5.02 Å². The molecule has 0 amide bonds. The van der Waals surface area contributed by atoms with Crippen molar-refractivity contribution in [3.8, 4) is 10.6 Å². The number of nitrogens with zero attached hydrogens (tertiary/aromatic N) is 2. The number of hydrogen-bond acceptors (Lipinski definition) is 4. The molecule has 2 aromatic rings. The highest BCUT2D eigenvalue weighted by atomic mass is 79.9. The van der Waals surface area contributed by atoms with Crippen LogP contribution in [-0.4, -0.2) is 23.8 Å². The normalized spacial score (nSPS) is 10.8. The number of likely N-dealkylation sites (N-methyl/N-ethyl adjacent to an activating group) is 1. The Hall–Kier alpha value is -0.490. The van der Waals surface area contributed by atoms with E-state index in [0.29, 0.717) is 5.02 Å². The Kier molecular flexibility index (Phi) is 4.50. The Morgan fingerprint density at radius 3 is 2.94 bits per heavy atom. The summed E-state index contributed by atoms with van der Waals surface area (Å²) in [5, 5.41) is 14.0. The molecule has 2 rings (SSSR count). The Morgan fingerprint density at radius 1 is 1.41 bits per heavy atom. The molecule has 1 aromatic carbocycles. The maximum Gasteiger partial charge on any atom is 0.149 e. The van der Waals surface area contributed by atoms with Crippen LogP contribution >= 0.6 is 38.9 Å². The first-order valence-corrected chi connectivity index (χ1v) is 7.12. The molecule has 0 atom stereocenters. The van der Waals surface area contributed by atoms with E-state index < -0.39 is 0 Å². The highest BCUT2D eigenvalue weighted by Gasteiger charge is 2.10. The second-order valence-electron chi connectivity index (χ2n) is 3.48. The molecule has 0 spiro atoms. The predicted molar refractivity (Wildman–Crippen MR) is 75.7 cm³/mol. The fraction of sp³-hybridized carbons (Fsp3) is 0.273. The Morgan fingerprint density at radius 2 is 2.24 bits per heavy atom. The summed E-state index contributed by atoms with van der Waals surface area (Å²) in [5.41, 5.74) is 0.933. The van der Waals surface area contributed by atoms with E-state index in [1.807, 2.05) is 25.2 Å². The summed E-state index contributed by atoms with van der Waals surface area (Å²) < 4.78 is 0.964. The van der Waals surface area contributed by atoms with Crippen LogP contribution < -0.4 is 5.32 Å². The van der Waals surface area contributed by atoms with Gasteiger partial charge in [-0.3, -0.25) is 0 Å². The number of rotatable bonds is 4. The van der Waals surface area contributed by atoms with Gasteiger partial charge in [-0.1, -0.05) is 38.9 Å². The van der Waals surface area contributed by atoms with E-state index in [-0.39, 0.29) is 0 Å². The standard InChI is InChI=1S/C11H11BrClN3S/c1-14-5-4-10-15-16-11(17-10)8-3-2-7(12)6-9(8)13/h2-3,6,14H,4-5H2,1H3. The topological polar surface area (TPSA) is 37.8 Å². The van der Waals surface area contributed by atoms with E-state index in [4.69, 9.17) is 11.6 Å². The van der Waals surface area contributed by atoms with E-state index in [1.165, 1.54) is 0 Å². The fourth-order valence-corrected chi connectivity index (χ4v) is 3.06. The molecule has 1 N–H and O–H groups in total. The van der Waals surface area contributed by atoms with Gasteiger partial charge in [-0.05, 0) is 25.2 Å². The van der Waals surface area contributed by atoms with E-state index in [9.17, 15) is 0 Å². The molecule has 0 radical (unpaired) electrons. The smallest absolute Gasteiger partial charge is 0.149 e. The van der Waals surface area contributed by atoms with E-state index in [0.717, 1.165) is 33.0 Å². The van der Waals surface area contributed by atoms with Crippen molar-refractivity contribution in [3.63, 3.8) is 0 Å². The van der Waals surface area contributed by atoms with Gasteiger partial charge in [-0.15, -0.1) is 10.2 Å². The van der Waals surface area contributed by atoms with Gasteiger partial charge >= 0.3 is 0 Å². The predicted octanol–water partition coefficient (Wildman–Crippen LogP) is 3.38. The minimum absolute atomic E-state index is 0.690. The summed E-state index contributed by atoms with van der Waals surface area (Å²) in [6.07, 6.45) is 0.891. The molecule has 1 heterocycles. The van der Waals surface area contributed by atoms with Crippen molar-refractivity contribution in [1.82, 2.24) is 15.5 Å². The van der Waals surface area contributed by atoms with Crippen LogP contribution in [-0.2, 0) is 6.42 Å². The lowest BCUT2D eigenvalue weighted by atomic mass is 10.2. The number of nitrogens with one attached hydrogen (secondary N) is 1. The molecule has 3 nitrogen and oxygen atoms in total. The summed E-state index contributed by atoms with van der Waals surface area (Å²) in [7, 11) is 1.92. The zero-order chi connectivity index (χ0) is 12.3. The van der Waals surface area contributed by atoms with E-state index in [1.54, 1.807) is 11.3 Å². The molecule has 0 aliphatic heterocycles. The van der Waals surface area contributed by atoms with Gasteiger partial charge in [0.1, 0.15) is 10.0 Å². The fourth-order valence-electron chi connectivity index (χ4n) is 1.36. The van der Waals surface area contributed by atoms with Crippen molar-refractivity contribution in [2.24, 2.45) is 0 Å². The minimum Gasteiger partial charge on any atom is -0.319 e.